The minimum absolute atomic E-state index is 0.0848. The molecule has 2 heterocycles. The zero-order valence-corrected chi connectivity index (χ0v) is 22.1. The van der Waals surface area contributed by atoms with Gasteiger partial charge >= 0.3 is 0 Å². The number of amides is 1. The molecule has 4 rings (SSSR count). The topological polar surface area (TPSA) is 49.6 Å². The lowest BCUT2D eigenvalue weighted by molar-refractivity contribution is 0.0643. The fourth-order valence-electron chi connectivity index (χ4n) is 5.12. The molecule has 1 fully saturated rings. The number of piperidine rings is 1. The minimum atomic E-state index is 0.0848. The largest absolute Gasteiger partial charge is 0.399 e. The lowest BCUT2D eigenvalue weighted by Crippen LogP contribution is -2.42. The van der Waals surface area contributed by atoms with Gasteiger partial charge in [-0.15, -0.1) is 11.3 Å². The predicted molar refractivity (Wildman–Crippen MR) is 149 cm³/mol. The van der Waals surface area contributed by atoms with Crippen LogP contribution in [0, 0.1) is 0 Å². The maximum atomic E-state index is 13.2. The van der Waals surface area contributed by atoms with Gasteiger partial charge in [0.25, 0.3) is 5.91 Å². The lowest BCUT2D eigenvalue weighted by atomic mass is 9.88. The fourth-order valence-corrected chi connectivity index (χ4v) is 5.86. The third-order valence-corrected chi connectivity index (χ3v) is 7.58. The third-order valence-electron chi connectivity index (χ3n) is 6.72. The second-order valence-electron chi connectivity index (χ2n) is 9.94. The van der Waals surface area contributed by atoms with Crippen LogP contribution in [0.2, 0.25) is 0 Å². The monoisotopic (exact) mass is 487 g/mol. The molecule has 0 aliphatic carbocycles. The number of hydrogen-bond acceptors (Lipinski definition) is 4. The first-order valence-electron chi connectivity index (χ1n) is 12.6. The molecule has 35 heavy (non-hydrogen) atoms. The molecule has 5 heteroatoms. The molecule has 1 aliphatic rings. The minimum Gasteiger partial charge on any atom is -0.399 e. The molecule has 0 bridgehead atoms. The fraction of sp³-hybridized carbons (Fsp3) is 0.367. The quantitative estimate of drug-likeness (QED) is 0.378. The highest BCUT2D eigenvalue weighted by atomic mass is 32.1. The van der Waals surface area contributed by atoms with Crippen LogP contribution in [0.3, 0.4) is 0 Å². The van der Waals surface area contributed by atoms with Gasteiger partial charge in [0.05, 0.1) is 0 Å². The van der Waals surface area contributed by atoms with Crippen LogP contribution in [0.15, 0.2) is 71.6 Å². The summed E-state index contributed by atoms with van der Waals surface area (Å²) in [7, 11) is 0. The molecule has 0 spiro atoms. The van der Waals surface area contributed by atoms with Gasteiger partial charge in [-0.2, -0.15) is 0 Å². The summed E-state index contributed by atoms with van der Waals surface area (Å²) in [4.78, 5) is 19.1. The van der Waals surface area contributed by atoms with Crippen LogP contribution in [-0.2, 0) is 6.54 Å². The van der Waals surface area contributed by atoms with Gasteiger partial charge in [0.15, 0.2) is 0 Å². The van der Waals surface area contributed by atoms with Crippen LogP contribution >= 0.6 is 11.3 Å². The molecule has 2 N–H and O–H groups in total. The van der Waals surface area contributed by atoms with E-state index in [2.05, 4.69) is 74.4 Å². The van der Waals surface area contributed by atoms with Gasteiger partial charge < -0.3 is 10.6 Å². The maximum absolute atomic E-state index is 13.2. The SMILES string of the molecule is CC(C)N(C(=O)c1ccc(C(=C2CCN(Cc3cccs3)CC2)c2cccc(N)c2)cc1)C(C)C. The van der Waals surface area contributed by atoms with E-state index in [1.807, 2.05) is 40.5 Å². The molecule has 4 nitrogen and oxygen atoms in total. The second-order valence-corrected chi connectivity index (χ2v) is 11.0. The number of carbonyl (C=O) groups is 1. The Hall–Kier alpha value is -2.89. The standard InChI is InChI=1S/C30H37N3OS/c1-21(2)33(22(3)4)30(34)25-12-10-23(11-13-25)29(26-7-5-8-27(31)19-26)24-14-16-32(17-15-24)20-28-9-6-18-35-28/h5-13,18-19,21-22H,14-17,20,31H2,1-4H3. The van der Waals surface area contributed by atoms with Gasteiger partial charge in [-0.05, 0) is 92.9 Å². The summed E-state index contributed by atoms with van der Waals surface area (Å²) in [5.74, 6) is 0.0848. The molecule has 3 aromatic rings. The van der Waals surface area contributed by atoms with Crippen molar-refractivity contribution in [1.29, 1.82) is 0 Å². The average Bonchev–Trinajstić information content (AvgIpc) is 3.33. The van der Waals surface area contributed by atoms with Crippen LogP contribution in [0.25, 0.3) is 5.57 Å². The average molecular weight is 488 g/mol. The lowest BCUT2D eigenvalue weighted by Gasteiger charge is -2.31. The number of nitrogens with zero attached hydrogens (tertiary/aromatic N) is 2. The summed E-state index contributed by atoms with van der Waals surface area (Å²) in [6, 6.07) is 21.0. The summed E-state index contributed by atoms with van der Waals surface area (Å²) in [6.07, 6.45) is 2.06. The zero-order chi connectivity index (χ0) is 24.9. The Kier molecular flexibility index (Phi) is 8.09. The highest BCUT2D eigenvalue weighted by molar-refractivity contribution is 7.09. The van der Waals surface area contributed by atoms with Crippen molar-refractivity contribution in [3.8, 4) is 0 Å². The Morgan fingerprint density at radius 3 is 2.14 bits per heavy atom. The normalized spacial score (nSPS) is 14.5. The summed E-state index contributed by atoms with van der Waals surface area (Å²) in [6.45, 7) is 11.4. The molecule has 1 aliphatic heterocycles. The number of carbonyl (C=O) groups excluding carboxylic acids is 1. The summed E-state index contributed by atoms with van der Waals surface area (Å²) < 4.78 is 0. The summed E-state index contributed by atoms with van der Waals surface area (Å²) in [5, 5.41) is 2.15. The number of anilines is 1. The Morgan fingerprint density at radius 1 is 0.914 bits per heavy atom. The van der Waals surface area contributed by atoms with Crippen molar-refractivity contribution in [2.75, 3.05) is 18.8 Å². The van der Waals surface area contributed by atoms with Crippen molar-refractivity contribution < 1.29 is 4.79 Å². The van der Waals surface area contributed by atoms with E-state index in [0.717, 1.165) is 54.9 Å². The molecule has 0 saturated carbocycles. The van der Waals surface area contributed by atoms with Crippen LogP contribution in [-0.4, -0.2) is 40.9 Å². The smallest absolute Gasteiger partial charge is 0.254 e. The van der Waals surface area contributed by atoms with Crippen LogP contribution < -0.4 is 5.73 Å². The predicted octanol–water partition coefficient (Wildman–Crippen LogP) is 6.69. The molecular formula is C30H37N3OS. The van der Waals surface area contributed by atoms with Crippen molar-refractivity contribution in [2.45, 2.75) is 59.2 Å². The van der Waals surface area contributed by atoms with Crippen molar-refractivity contribution in [1.82, 2.24) is 9.80 Å². The highest BCUT2D eigenvalue weighted by Crippen LogP contribution is 2.34. The number of likely N-dealkylation sites (tertiary alicyclic amines) is 1. The zero-order valence-electron chi connectivity index (χ0n) is 21.3. The van der Waals surface area contributed by atoms with E-state index in [4.69, 9.17) is 5.73 Å². The van der Waals surface area contributed by atoms with E-state index in [1.54, 1.807) is 0 Å². The van der Waals surface area contributed by atoms with Crippen LogP contribution in [0.5, 0.6) is 0 Å². The molecule has 1 saturated heterocycles. The molecule has 0 radical (unpaired) electrons. The van der Waals surface area contributed by atoms with Crippen LogP contribution in [0.1, 0.15) is 66.9 Å². The van der Waals surface area contributed by atoms with E-state index in [0.29, 0.717) is 0 Å². The van der Waals surface area contributed by atoms with Gasteiger partial charge in [-0.25, -0.2) is 0 Å². The molecule has 184 valence electrons. The second kappa shape index (κ2) is 11.2. The van der Waals surface area contributed by atoms with Gasteiger partial charge in [0, 0.05) is 47.8 Å². The summed E-state index contributed by atoms with van der Waals surface area (Å²) >= 11 is 1.83. The van der Waals surface area contributed by atoms with E-state index in [-0.39, 0.29) is 18.0 Å². The first kappa shape index (κ1) is 25.2. The molecule has 0 atom stereocenters. The molecule has 1 amide bonds. The molecule has 0 unspecified atom stereocenters. The van der Waals surface area contributed by atoms with Crippen molar-refractivity contribution in [2.24, 2.45) is 0 Å². The molecular weight excluding hydrogens is 450 g/mol. The number of benzene rings is 2. The van der Waals surface area contributed by atoms with E-state index >= 15 is 0 Å². The van der Waals surface area contributed by atoms with Gasteiger partial charge in [0.1, 0.15) is 0 Å². The number of nitrogen functional groups attached to an aromatic ring is 1. The van der Waals surface area contributed by atoms with Gasteiger partial charge in [-0.3, -0.25) is 9.69 Å². The highest BCUT2D eigenvalue weighted by Gasteiger charge is 2.23. The van der Waals surface area contributed by atoms with Gasteiger partial charge in [-0.1, -0.05) is 35.9 Å². The Bertz CT molecular complexity index is 1140. The Labute approximate surface area is 214 Å². The number of nitrogens with two attached hydrogens (primary N) is 1. The first-order chi connectivity index (χ1) is 16.8. The molecule has 2 aromatic carbocycles. The maximum Gasteiger partial charge on any atom is 0.254 e. The van der Waals surface area contributed by atoms with Crippen LogP contribution in [0.4, 0.5) is 5.69 Å². The number of hydrogen-bond donors (Lipinski definition) is 1. The van der Waals surface area contributed by atoms with Crippen molar-refractivity contribution >= 4 is 28.5 Å². The Morgan fingerprint density at radius 2 is 1.57 bits per heavy atom. The third kappa shape index (κ3) is 6.03. The van der Waals surface area contributed by atoms with Gasteiger partial charge in [0.2, 0.25) is 0 Å². The van der Waals surface area contributed by atoms with E-state index < -0.39 is 0 Å². The molecule has 1 aromatic heterocycles. The number of rotatable bonds is 7. The van der Waals surface area contributed by atoms with Crippen molar-refractivity contribution in [3.63, 3.8) is 0 Å². The Balaban J connectivity index is 1.62. The number of thiophene rings is 1. The van der Waals surface area contributed by atoms with Crippen molar-refractivity contribution in [3.05, 3.63) is 93.2 Å². The van der Waals surface area contributed by atoms with E-state index in [9.17, 15) is 4.79 Å². The van der Waals surface area contributed by atoms with E-state index in [1.165, 1.54) is 16.0 Å². The first-order valence-corrected chi connectivity index (χ1v) is 13.5. The summed E-state index contributed by atoms with van der Waals surface area (Å²) in [5.41, 5.74) is 12.7.